The van der Waals surface area contributed by atoms with E-state index in [1.807, 2.05) is 13.8 Å². The van der Waals surface area contributed by atoms with Crippen LogP contribution in [0.5, 0.6) is 0 Å². The molecule has 1 aromatic rings. The van der Waals surface area contributed by atoms with E-state index in [1.165, 1.54) is 12.1 Å². The second-order valence-corrected chi connectivity index (χ2v) is 5.17. The third kappa shape index (κ3) is 4.96. The van der Waals surface area contributed by atoms with Crippen LogP contribution in [0.1, 0.15) is 19.4 Å². The molecule has 98 valence electrons. The largest absolute Gasteiger partial charge is 0.446 e. The first kappa shape index (κ1) is 14.8. The van der Waals surface area contributed by atoms with Crippen molar-refractivity contribution in [1.29, 1.82) is 0 Å². The summed E-state index contributed by atoms with van der Waals surface area (Å²) >= 11 is -0.150. The van der Waals surface area contributed by atoms with E-state index in [-0.39, 0.29) is 22.6 Å². The Balaban J connectivity index is 2.86. The van der Waals surface area contributed by atoms with E-state index < -0.39 is 5.51 Å². The van der Waals surface area contributed by atoms with Crippen molar-refractivity contribution in [2.24, 2.45) is 5.92 Å². The molecule has 5 heteroatoms. The van der Waals surface area contributed by atoms with E-state index in [2.05, 4.69) is 0 Å². The van der Waals surface area contributed by atoms with Gasteiger partial charge in [-0.15, -0.1) is 0 Å². The summed E-state index contributed by atoms with van der Waals surface area (Å²) in [5, 5.41) is 0. The van der Waals surface area contributed by atoms with Crippen LogP contribution in [0.4, 0.5) is 13.2 Å². The van der Waals surface area contributed by atoms with Crippen LogP contribution in [0.15, 0.2) is 34.7 Å². The van der Waals surface area contributed by atoms with E-state index in [0.29, 0.717) is 5.57 Å². The Bertz CT molecular complexity index is 433. The number of carbonyl (C=O) groups excluding carboxylic acids is 1. The summed E-state index contributed by atoms with van der Waals surface area (Å²) in [4.78, 5) is 10.9. The fraction of sp³-hybridized carbons (Fsp3) is 0.308. The highest BCUT2D eigenvalue weighted by Gasteiger charge is 2.28. The van der Waals surface area contributed by atoms with Crippen LogP contribution in [0.3, 0.4) is 0 Å². The highest BCUT2D eigenvalue weighted by atomic mass is 32.2. The number of thioether (sulfide) groups is 1. The number of halogens is 3. The number of carbonyl (C=O) groups is 1. The Hall–Kier alpha value is -1.23. The van der Waals surface area contributed by atoms with Crippen LogP contribution >= 0.6 is 11.8 Å². The monoisotopic (exact) mass is 274 g/mol. The summed E-state index contributed by atoms with van der Waals surface area (Å²) in [5.74, 6) is 0.0896. The molecule has 0 aliphatic heterocycles. The van der Waals surface area contributed by atoms with Crippen LogP contribution in [0, 0.1) is 5.92 Å². The van der Waals surface area contributed by atoms with Crippen molar-refractivity contribution >= 4 is 24.1 Å². The van der Waals surface area contributed by atoms with Crippen LogP contribution in [-0.2, 0) is 4.79 Å². The molecule has 1 nitrogen and oxygen atoms in total. The third-order valence-electron chi connectivity index (χ3n) is 2.25. The third-order valence-corrected chi connectivity index (χ3v) is 2.99. The van der Waals surface area contributed by atoms with E-state index in [9.17, 15) is 18.0 Å². The Kier molecular flexibility index (Phi) is 5.02. The van der Waals surface area contributed by atoms with E-state index >= 15 is 0 Å². The lowest BCUT2D eigenvalue weighted by molar-refractivity contribution is -0.105. The van der Waals surface area contributed by atoms with Gasteiger partial charge in [0.05, 0.1) is 0 Å². The molecule has 0 bridgehead atoms. The van der Waals surface area contributed by atoms with Gasteiger partial charge in [-0.05, 0) is 47.0 Å². The summed E-state index contributed by atoms with van der Waals surface area (Å²) < 4.78 is 36.4. The first-order valence-electron chi connectivity index (χ1n) is 5.34. The average molecular weight is 274 g/mol. The molecule has 0 N–H and O–H groups in total. The summed E-state index contributed by atoms with van der Waals surface area (Å²) in [6, 6.07) is 5.93. The summed E-state index contributed by atoms with van der Waals surface area (Å²) in [7, 11) is 0. The molecule has 0 aliphatic rings. The van der Waals surface area contributed by atoms with Crippen molar-refractivity contribution in [3.8, 4) is 0 Å². The Labute approximate surface area is 108 Å². The molecule has 0 radical (unpaired) electrons. The quantitative estimate of drug-likeness (QED) is 0.455. The number of hydrogen-bond acceptors (Lipinski definition) is 2. The Morgan fingerprint density at radius 3 is 2.17 bits per heavy atom. The van der Waals surface area contributed by atoms with Crippen molar-refractivity contribution in [3.05, 3.63) is 35.4 Å². The van der Waals surface area contributed by atoms with Crippen LogP contribution in [-0.4, -0.2) is 11.8 Å². The topological polar surface area (TPSA) is 17.1 Å². The van der Waals surface area contributed by atoms with Gasteiger partial charge in [-0.25, -0.2) is 0 Å². The van der Waals surface area contributed by atoms with Gasteiger partial charge in [0.25, 0.3) is 0 Å². The maximum absolute atomic E-state index is 12.1. The van der Waals surface area contributed by atoms with Crippen molar-refractivity contribution < 1.29 is 18.0 Å². The molecule has 0 saturated heterocycles. The molecule has 1 rings (SSSR count). The zero-order valence-corrected chi connectivity index (χ0v) is 10.8. The number of benzene rings is 1. The van der Waals surface area contributed by atoms with E-state index in [1.54, 1.807) is 18.2 Å². The highest BCUT2D eigenvalue weighted by molar-refractivity contribution is 8.00. The first-order chi connectivity index (χ1) is 8.31. The molecular weight excluding hydrogens is 261 g/mol. The van der Waals surface area contributed by atoms with Gasteiger partial charge in [-0.3, -0.25) is 4.79 Å². The fourth-order valence-corrected chi connectivity index (χ4v) is 1.83. The summed E-state index contributed by atoms with van der Waals surface area (Å²) in [5.41, 5.74) is -2.94. The lowest BCUT2D eigenvalue weighted by Gasteiger charge is -2.06. The minimum atomic E-state index is -4.27. The number of alkyl halides is 3. The predicted molar refractivity (Wildman–Crippen MR) is 67.2 cm³/mol. The van der Waals surface area contributed by atoms with Crippen LogP contribution in [0.2, 0.25) is 0 Å². The zero-order chi connectivity index (χ0) is 13.8. The number of hydrogen-bond donors (Lipinski definition) is 0. The molecule has 0 heterocycles. The van der Waals surface area contributed by atoms with Crippen molar-refractivity contribution in [2.75, 3.05) is 0 Å². The molecule has 0 saturated carbocycles. The SMILES string of the molecule is CC(C)C(C=O)=Cc1ccc(SC(F)(F)F)cc1. The molecule has 0 amide bonds. The minimum absolute atomic E-state index is 0.0896. The Morgan fingerprint density at radius 1 is 1.22 bits per heavy atom. The van der Waals surface area contributed by atoms with Gasteiger partial charge in [0, 0.05) is 4.90 Å². The van der Waals surface area contributed by atoms with Gasteiger partial charge in [-0.2, -0.15) is 13.2 Å². The fourth-order valence-electron chi connectivity index (χ4n) is 1.29. The number of rotatable bonds is 4. The van der Waals surface area contributed by atoms with Gasteiger partial charge >= 0.3 is 5.51 Å². The standard InChI is InChI=1S/C13H13F3OS/c1-9(2)11(8-17)7-10-3-5-12(6-4-10)18-13(14,15)16/h3-9H,1-2H3. The zero-order valence-electron chi connectivity index (χ0n) is 9.99. The van der Waals surface area contributed by atoms with Crippen LogP contribution < -0.4 is 0 Å². The molecule has 0 aromatic heterocycles. The highest BCUT2D eigenvalue weighted by Crippen LogP contribution is 2.36. The number of allylic oxidation sites excluding steroid dienone is 1. The van der Waals surface area contributed by atoms with Gasteiger partial charge in [0.15, 0.2) is 0 Å². The molecule has 1 aromatic carbocycles. The minimum Gasteiger partial charge on any atom is -0.298 e. The van der Waals surface area contributed by atoms with Gasteiger partial charge in [-0.1, -0.05) is 26.0 Å². The lowest BCUT2D eigenvalue weighted by atomic mass is 10.0. The Morgan fingerprint density at radius 2 is 1.78 bits per heavy atom. The smallest absolute Gasteiger partial charge is 0.298 e. The molecule has 18 heavy (non-hydrogen) atoms. The van der Waals surface area contributed by atoms with Gasteiger partial charge in [0.2, 0.25) is 0 Å². The molecule has 0 fully saturated rings. The first-order valence-corrected chi connectivity index (χ1v) is 6.16. The number of aldehydes is 1. The predicted octanol–water partition coefficient (Wildman–Crippen LogP) is 4.54. The van der Waals surface area contributed by atoms with Crippen molar-refractivity contribution in [1.82, 2.24) is 0 Å². The van der Waals surface area contributed by atoms with Crippen molar-refractivity contribution in [2.45, 2.75) is 24.3 Å². The molecule has 0 spiro atoms. The lowest BCUT2D eigenvalue weighted by Crippen LogP contribution is -1.98. The molecule has 0 atom stereocenters. The molecule has 0 aliphatic carbocycles. The van der Waals surface area contributed by atoms with Gasteiger partial charge in [0.1, 0.15) is 6.29 Å². The summed E-state index contributed by atoms with van der Waals surface area (Å²) in [6.07, 6.45) is 2.45. The van der Waals surface area contributed by atoms with Crippen LogP contribution in [0.25, 0.3) is 6.08 Å². The van der Waals surface area contributed by atoms with E-state index in [4.69, 9.17) is 0 Å². The summed E-state index contributed by atoms with van der Waals surface area (Å²) in [6.45, 7) is 3.77. The van der Waals surface area contributed by atoms with Gasteiger partial charge < -0.3 is 0 Å². The average Bonchev–Trinajstić information content (AvgIpc) is 2.25. The molecule has 0 unspecified atom stereocenters. The maximum Gasteiger partial charge on any atom is 0.446 e. The second-order valence-electron chi connectivity index (χ2n) is 4.03. The van der Waals surface area contributed by atoms with E-state index in [0.717, 1.165) is 11.8 Å². The second kappa shape index (κ2) is 6.09. The molecular formula is C13H13F3OS. The van der Waals surface area contributed by atoms with Crippen molar-refractivity contribution in [3.63, 3.8) is 0 Å². The normalized spacial score (nSPS) is 12.9. The maximum atomic E-state index is 12.1.